The fourth-order valence-electron chi connectivity index (χ4n) is 1.51. The summed E-state index contributed by atoms with van der Waals surface area (Å²) in [5, 5.41) is 10.5. The first-order chi connectivity index (χ1) is 7.75. The van der Waals surface area contributed by atoms with Crippen LogP contribution in [0.15, 0.2) is 48.5 Å². The van der Waals surface area contributed by atoms with Gasteiger partial charge in [0.1, 0.15) is 0 Å². The van der Waals surface area contributed by atoms with E-state index in [9.17, 15) is 10.1 Å². The molecule has 3 nitrogen and oxygen atoms in total. The first-order valence-electron chi connectivity index (χ1n) is 4.94. The average Bonchev–Trinajstić information content (AvgIpc) is 2.31. The topological polar surface area (TPSA) is 43.1 Å². The molecule has 2 aromatic carbocycles. The van der Waals surface area contributed by atoms with Crippen molar-refractivity contribution in [2.45, 2.75) is 6.42 Å². The minimum absolute atomic E-state index is 0.130. The molecule has 16 heavy (non-hydrogen) atoms. The van der Waals surface area contributed by atoms with Gasteiger partial charge in [-0.3, -0.25) is 10.1 Å². The Morgan fingerprint density at radius 1 is 1.00 bits per heavy atom. The van der Waals surface area contributed by atoms with Gasteiger partial charge < -0.3 is 0 Å². The number of nitro benzene ring substituents is 1. The Hall–Kier alpha value is -2.16. The van der Waals surface area contributed by atoms with Crippen LogP contribution in [0.1, 0.15) is 11.1 Å². The molecule has 0 aliphatic heterocycles. The molecule has 79 valence electrons. The minimum Gasteiger partial charge on any atom is -0.258 e. The van der Waals surface area contributed by atoms with Crippen molar-refractivity contribution in [2.75, 3.05) is 0 Å². The summed E-state index contributed by atoms with van der Waals surface area (Å²) < 4.78 is 0. The Morgan fingerprint density at radius 3 is 2.12 bits per heavy atom. The van der Waals surface area contributed by atoms with Crippen LogP contribution in [0.3, 0.4) is 0 Å². The molecule has 0 fully saturated rings. The predicted octanol–water partition coefficient (Wildman–Crippen LogP) is 2.99. The Bertz CT molecular complexity index is 477. The molecule has 0 saturated carbocycles. The number of hydrogen-bond donors (Lipinski definition) is 0. The number of rotatable bonds is 3. The summed E-state index contributed by atoms with van der Waals surface area (Å²) in [7, 11) is 0. The van der Waals surface area contributed by atoms with Gasteiger partial charge in [-0.2, -0.15) is 0 Å². The van der Waals surface area contributed by atoms with Crippen LogP contribution in [0.25, 0.3) is 0 Å². The van der Waals surface area contributed by atoms with E-state index in [4.69, 9.17) is 0 Å². The van der Waals surface area contributed by atoms with Gasteiger partial charge in [-0.15, -0.1) is 0 Å². The van der Waals surface area contributed by atoms with Crippen molar-refractivity contribution in [3.8, 4) is 0 Å². The Morgan fingerprint density at radius 2 is 1.56 bits per heavy atom. The maximum atomic E-state index is 10.5. The second-order valence-electron chi connectivity index (χ2n) is 3.51. The van der Waals surface area contributed by atoms with Crippen LogP contribution in [0.4, 0.5) is 5.69 Å². The third kappa shape index (κ3) is 2.45. The third-order valence-corrected chi connectivity index (χ3v) is 2.34. The van der Waals surface area contributed by atoms with E-state index in [2.05, 4.69) is 6.07 Å². The van der Waals surface area contributed by atoms with Crippen molar-refractivity contribution in [3.05, 3.63) is 75.8 Å². The van der Waals surface area contributed by atoms with E-state index in [1.54, 1.807) is 12.1 Å². The lowest BCUT2D eigenvalue weighted by Crippen LogP contribution is -1.90. The summed E-state index contributed by atoms with van der Waals surface area (Å²) in [5.74, 6) is 0. The smallest absolute Gasteiger partial charge is 0.258 e. The molecule has 2 aromatic rings. The van der Waals surface area contributed by atoms with Crippen molar-refractivity contribution >= 4 is 5.69 Å². The second-order valence-corrected chi connectivity index (χ2v) is 3.51. The summed E-state index contributed by atoms with van der Waals surface area (Å²) in [6.45, 7) is 0. The molecular formula is C13H10NO2. The fraction of sp³-hybridized carbons (Fsp3) is 0.0769. The average molecular weight is 212 g/mol. The van der Waals surface area contributed by atoms with E-state index < -0.39 is 0 Å². The molecule has 0 aromatic heterocycles. The van der Waals surface area contributed by atoms with Gasteiger partial charge in [-0.1, -0.05) is 36.4 Å². The standard InChI is InChI=1S/C13H10NO2/c15-14(16)13-8-6-12(7-9-13)10-11-4-2-1-3-5-11/h2-9H,10H2. The summed E-state index contributed by atoms with van der Waals surface area (Å²) in [6.07, 6.45) is 0.784. The summed E-state index contributed by atoms with van der Waals surface area (Å²) in [6, 6.07) is 17.3. The van der Waals surface area contributed by atoms with Crippen LogP contribution >= 0.6 is 0 Å². The zero-order valence-corrected chi connectivity index (χ0v) is 8.59. The van der Waals surface area contributed by atoms with Crippen molar-refractivity contribution < 1.29 is 4.92 Å². The minimum atomic E-state index is -0.388. The molecule has 0 unspecified atom stereocenters. The summed E-state index contributed by atoms with van der Waals surface area (Å²) in [4.78, 5) is 10.1. The van der Waals surface area contributed by atoms with E-state index in [-0.39, 0.29) is 10.6 Å². The highest BCUT2D eigenvalue weighted by Gasteiger charge is 2.03. The van der Waals surface area contributed by atoms with Crippen LogP contribution in [0, 0.1) is 16.2 Å². The number of hydrogen-bond acceptors (Lipinski definition) is 2. The van der Waals surface area contributed by atoms with Gasteiger partial charge >= 0.3 is 0 Å². The molecular weight excluding hydrogens is 202 g/mol. The number of non-ortho nitro benzene ring substituents is 1. The first-order valence-corrected chi connectivity index (χ1v) is 4.94. The maximum absolute atomic E-state index is 10.5. The van der Waals surface area contributed by atoms with Crippen molar-refractivity contribution in [2.24, 2.45) is 0 Å². The van der Waals surface area contributed by atoms with E-state index in [0.29, 0.717) is 0 Å². The first kappa shape index (κ1) is 10.4. The monoisotopic (exact) mass is 212 g/mol. The molecule has 1 radical (unpaired) electrons. The van der Waals surface area contributed by atoms with Gasteiger partial charge in [0, 0.05) is 12.1 Å². The molecule has 0 N–H and O–H groups in total. The van der Waals surface area contributed by atoms with Crippen LogP contribution in [0.2, 0.25) is 0 Å². The van der Waals surface area contributed by atoms with Crippen molar-refractivity contribution in [1.82, 2.24) is 0 Å². The van der Waals surface area contributed by atoms with E-state index >= 15 is 0 Å². The molecule has 0 saturated heterocycles. The van der Waals surface area contributed by atoms with Crippen molar-refractivity contribution in [3.63, 3.8) is 0 Å². The van der Waals surface area contributed by atoms with E-state index in [1.165, 1.54) is 17.7 Å². The number of nitro groups is 1. The molecule has 0 aliphatic carbocycles. The largest absolute Gasteiger partial charge is 0.269 e. The highest BCUT2D eigenvalue weighted by molar-refractivity contribution is 5.35. The van der Waals surface area contributed by atoms with E-state index in [0.717, 1.165) is 12.0 Å². The molecule has 0 aliphatic rings. The summed E-state index contributed by atoms with van der Waals surface area (Å²) >= 11 is 0. The normalized spacial score (nSPS) is 10.0. The maximum Gasteiger partial charge on any atom is 0.269 e. The zero-order valence-electron chi connectivity index (χ0n) is 8.59. The van der Waals surface area contributed by atoms with Gasteiger partial charge in [0.2, 0.25) is 0 Å². The van der Waals surface area contributed by atoms with Gasteiger partial charge in [-0.25, -0.2) is 0 Å². The quantitative estimate of drug-likeness (QED) is 0.579. The van der Waals surface area contributed by atoms with Gasteiger partial charge in [0.15, 0.2) is 0 Å². The highest BCUT2D eigenvalue weighted by Crippen LogP contribution is 2.14. The van der Waals surface area contributed by atoms with Crippen LogP contribution in [0.5, 0.6) is 0 Å². The van der Waals surface area contributed by atoms with Crippen LogP contribution in [-0.2, 0) is 6.42 Å². The molecule has 0 spiro atoms. The Labute approximate surface area is 93.5 Å². The van der Waals surface area contributed by atoms with Crippen LogP contribution < -0.4 is 0 Å². The fourth-order valence-corrected chi connectivity index (χ4v) is 1.51. The lowest BCUT2D eigenvalue weighted by molar-refractivity contribution is -0.384. The second kappa shape index (κ2) is 4.57. The molecule has 0 bridgehead atoms. The molecule has 0 amide bonds. The van der Waals surface area contributed by atoms with Gasteiger partial charge in [0.05, 0.1) is 4.92 Å². The number of nitrogens with zero attached hydrogens (tertiary/aromatic N) is 1. The Balaban J connectivity index is 2.14. The lowest BCUT2D eigenvalue weighted by atomic mass is 10.1. The Kier molecular flexibility index (Phi) is 2.96. The zero-order chi connectivity index (χ0) is 11.4. The summed E-state index contributed by atoms with van der Waals surface area (Å²) in [5.41, 5.74) is 2.37. The number of benzene rings is 2. The van der Waals surface area contributed by atoms with Gasteiger partial charge in [-0.05, 0) is 23.6 Å². The lowest BCUT2D eigenvalue weighted by Gasteiger charge is -2.00. The molecule has 3 heteroatoms. The van der Waals surface area contributed by atoms with Gasteiger partial charge in [0.25, 0.3) is 5.69 Å². The highest BCUT2D eigenvalue weighted by atomic mass is 16.6. The van der Waals surface area contributed by atoms with Crippen LogP contribution in [-0.4, -0.2) is 4.92 Å². The molecule has 2 rings (SSSR count). The third-order valence-electron chi connectivity index (χ3n) is 2.34. The molecule has 0 atom stereocenters. The van der Waals surface area contributed by atoms with Crippen molar-refractivity contribution in [1.29, 1.82) is 0 Å². The predicted molar refractivity (Wildman–Crippen MR) is 61.2 cm³/mol. The SMILES string of the molecule is O=[N+]([O-])c1ccc(Cc2cc[c]cc2)cc1. The molecule has 0 heterocycles. The van der Waals surface area contributed by atoms with E-state index in [1.807, 2.05) is 24.3 Å².